The molecule has 2 aromatic carbocycles. The molecular weight excluding hydrogens is 726 g/mol. The molecule has 55 heavy (non-hydrogen) atoms. The van der Waals surface area contributed by atoms with Gasteiger partial charge in [-0.05, 0) is 67.8 Å². The van der Waals surface area contributed by atoms with Crippen molar-refractivity contribution in [3.63, 3.8) is 0 Å². The first kappa shape index (κ1) is 39.2. The zero-order valence-corrected chi connectivity index (χ0v) is 32.8. The average Bonchev–Trinajstić information content (AvgIpc) is 3.17. The van der Waals surface area contributed by atoms with Crippen LogP contribution in [0.15, 0.2) is 73.1 Å². The minimum Gasteiger partial charge on any atom is -0.497 e. The third-order valence-corrected chi connectivity index (χ3v) is 10.9. The Bertz CT molecular complexity index is 2160. The smallest absolute Gasteiger partial charge is 0.250 e. The molecule has 1 N–H and O–H groups in total. The molecule has 1 unspecified atom stereocenters. The second kappa shape index (κ2) is 16.9. The van der Waals surface area contributed by atoms with Crippen LogP contribution in [0.5, 0.6) is 17.4 Å². The maximum atomic E-state index is 14.8. The Morgan fingerprint density at radius 3 is 2.07 bits per heavy atom. The lowest BCUT2D eigenvalue weighted by Gasteiger charge is -2.42. The zero-order valence-electron chi connectivity index (χ0n) is 32.0. The number of methoxy groups -OCH3 is 3. The molecule has 0 saturated carbocycles. The highest BCUT2D eigenvalue weighted by Gasteiger charge is 2.32. The van der Waals surface area contributed by atoms with Gasteiger partial charge in [0.1, 0.15) is 23.1 Å². The van der Waals surface area contributed by atoms with Gasteiger partial charge in [-0.3, -0.25) is 4.90 Å². The Hall–Kier alpha value is -5.45. The molecule has 1 fully saturated rings. The first-order chi connectivity index (χ1) is 26.3. The largest absolute Gasteiger partial charge is 0.497 e. The first-order valence-electron chi connectivity index (χ1n) is 17.8. The number of nitrogens with zero attached hydrogens (tertiary/aromatic N) is 8. The van der Waals surface area contributed by atoms with E-state index in [-0.39, 0.29) is 18.0 Å². The molecule has 14 nitrogen and oxygen atoms in total. The van der Waals surface area contributed by atoms with Gasteiger partial charge in [-0.15, -0.1) is 0 Å². The molecule has 6 rings (SSSR count). The Balaban J connectivity index is 1.41. The van der Waals surface area contributed by atoms with Gasteiger partial charge >= 0.3 is 0 Å². The van der Waals surface area contributed by atoms with E-state index in [1.807, 2.05) is 68.4 Å². The van der Waals surface area contributed by atoms with Gasteiger partial charge in [-0.25, -0.2) is 27.8 Å². The monoisotopic (exact) mass is 771 g/mol. The van der Waals surface area contributed by atoms with Gasteiger partial charge in [-0.1, -0.05) is 24.3 Å². The van der Waals surface area contributed by atoms with E-state index in [9.17, 15) is 12.8 Å². The van der Waals surface area contributed by atoms with Gasteiger partial charge < -0.3 is 24.4 Å². The van der Waals surface area contributed by atoms with Crippen molar-refractivity contribution in [3.8, 4) is 28.8 Å². The molecule has 1 aliphatic heterocycles. The fourth-order valence-electron chi connectivity index (χ4n) is 6.60. The number of halogens is 1. The lowest BCUT2D eigenvalue weighted by atomic mass is 10.0. The van der Waals surface area contributed by atoms with Gasteiger partial charge in [-0.2, -0.15) is 14.3 Å². The summed E-state index contributed by atoms with van der Waals surface area (Å²) in [6.07, 6.45) is 4.46. The van der Waals surface area contributed by atoms with Crippen LogP contribution >= 0.6 is 0 Å². The van der Waals surface area contributed by atoms with E-state index in [1.165, 1.54) is 29.9 Å². The van der Waals surface area contributed by atoms with E-state index in [1.54, 1.807) is 20.4 Å². The molecule has 0 aliphatic carbocycles. The summed E-state index contributed by atoms with van der Waals surface area (Å²) < 4.78 is 56.7. The molecule has 1 aliphatic rings. The van der Waals surface area contributed by atoms with Crippen molar-refractivity contribution in [2.75, 3.05) is 57.4 Å². The molecule has 290 valence electrons. The summed E-state index contributed by atoms with van der Waals surface area (Å²) in [7, 11) is 1.31. The fourth-order valence-corrected chi connectivity index (χ4v) is 7.50. The van der Waals surface area contributed by atoms with Gasteiger partial charge in [0.2, 0.25) is 21.9 Å². The van der Waals surface area contributed by atoms with Crippen LogP contribution in [0.3, 0.4) is 0 Å². The van der Waals surface area contributed by atoms with Gasteiger partial charge in [0.25, 0.3) is 0 Å². The summed E-state index contributed by atoms with van der Waals surface area (Å²) in [6.45, 7) is 8.17. The lowest BCUT2D eigenvalue weighted by molar-refractivity contribution is 0.0906. The third kappa shape index (κ3) is 9.44. The highest BCUT2D eigenvalue weighted by molar-refractivity contribution is 7.88. The first-order valence-corrected chi connectivity index (χ1v) is 19.6. The topological polar surface area (TPSA) is 148 Å². The Morgan fingerprint density at radius 2 is 1.53 bits per heavy atom. The SMILES string of the molecule is COc1ccc(CN(Cc2ccc(OC)cc2)c2nc(C)nc(-c3cc([C@@H](C)N4CCN(S(C)(=O)=O)CC4C)cnc3Nc3cnc(OC)c(F)c3)n2)cc1. The number of sulfonamides is 1. The Morgan fingerprint density at radius 1 is 0.891 bits per heavy atom. The van der Waals surface area contributed by atoms with Gasteiger partial charge in [0.05, 0.1) is 45.0 Å². The number of aromatic nitrogens is 5. The summed E-state index contributed by atoms with van der Waals surface area (Å²) in [5.74, 6) is 2.42. The number of hydrogen-bond donors (Lipinski definition) is 1. The van der Waals surface area contributed by atoms with Crippen LogP contribution in [0.2, 0.25) is 0 Å². The van der Waals surface area contributed by atoms with Crippen LogP contribution in [-0.2, 0) is 23.1 Å². The maximum absolute atomic E-state index is 14.8. The zero-order chi connectivity index (χ0) is 39.3. The fraction of sp³-hybridized carbons (Fsp3) is 0.359. The highest BCUT2D eigenvalue weighted by Crippen LogP contribution is 2.34. The van der Waals surface area contributed by atoms with Gasteiger partial charge in [0, 0.05) is 57.1 Å². The molecule has 16 heteroatoms. The molecule has 3 aromatic heterocycles. The van der Waals surface area contributed by atoms with Crippen molar-refractivity contribution in [1.29, 1.82) is 0 Å². The van der Waals surface area contributed by atoms with Crippen molar-refractivity contribution in [2.45, 2.75) is 45.9 Å². The second-order valence-corrected chi connectivity index (χ2v) is 15.4. The molecule has 0 bridgehead atoms. The summed E-state index contributed by atoms with van der Waals surface area (Å²) in [4.78, 5) is 27.9. The number of aryl methyl sites for hydroxylation is 1. The van der Waals surface area contributed by atoms with Crippen LogP contribution in [0.4, 0.5) is 21.8 Å². The van der Waals surface area contributed by atoms with Gasteiger partial charge in [0.15, 0.2) is 11.6 Å². The number of pyridine rings is 2. The van der Waals surface area contributed by atoms with E-state index in [2.05, 4.69) is 27.0 Å². The molecular formula is C39H46FN9O5S. The molecule has 2 atom stereocenters. The van der Waals surface area contributed by atoms with Crippen LogP contribution in [0.25, 0.3) is 11.4 Å². The van der Waals surface area contributed by atoms with Crippen LogP contribution in [0.1, 0.15) is 42.4 Å². The third-order valence-electron chi connectivity index (χ3n) is 9.59. The van der Waals surface area contributed by atoms with E-state index >= 15 is 0 Å². The molecule has 0 amide bonds. The molecule has 5 aromatic rings. The minimum atomic E-state index is -3.31. The van der Waals surface area contributed by atoms with Crippen LogP contribution in [-0.4, -0.2) is 95.8 Å². The number of piperazine rings is 1. The molecule has 0 radical (unpaired) electrons. The number of anilines is 3. The van der Waals surface area contributed by atoms with Crippen LogP contribution in [0, 0.1) is 12.7 Å². The Kier molecular flexibility index (Phi) is 12.1. The molecule has 1 saturated heterocycles. The van der Waals surface area contributed by atoms with Crippen molar-refractivity contribution in [3.05, 3.63) is 101 Å². The van der Waals surface area contributed by atoms with E-state index in [0.717, 1.165) is 28.2 Å². The number of nitrogens with one attached hydrogen (secondary N) is 1. The van der Waals surface area contributed by atoms with Crippen molar-refractivity contribution >= 4 is 27.5 Å². The Labute approximate surface area is 321 Å². The summed E-state index contributed by atoms with van der Waals surface area (Å²) >= 11 is 0. The molecule has 0 spiro atoms. The summed E-state index contributed by atoms with van der Waals surface area (Å²) in [5.41, 5.74) is 3.82. The number of hydrogen-bond acceptors (Lipinski definition) is 13. The maximum Gasteiger partial charge on any atom is 0.250 e. The predicted molar refractivity (Wildman–Crippen MR) is 209 cm³/mol. The predicted octanol–water partition coefficient (Wildman–Crippen LogP) is 5.78. The van der Waals surface area contributed by atoms with Crippen LogP contribution < -0.4 is 24.4 Å². The van der Waals surface area contributed by atoms with Crippen molar-refractivity contribution in [2.24, 2.45) is 0 Å². The highest BCUT2D eigenvalue weighted by atomic mass is 32.2. The number of rotatable bonds is 14. The van der Waals surface area contributed by atoms with Crippen molar-refractivity contribution < 1.29 is 27.0 Å². The summed E-state index contributed by atoms with van der Waals surface area (Å²) in [5, 5.41) is 3.22. The number of ether oxygens (including phenoxy) is 3. The molecule has 4 heterocycles. The minimum absolute atomic E-state index is 0.0523. The average molecular weight is 772 g/mol. The normalized spacial score (nSPS) is 15.7. The van der Waals surface area contributed by atoms with E-state index in [0.29, 0.717) is 67.4 Å². The van der Waals surface area contributed by atoms with E-state index in [4.69, 9.17) is 34.1 Å². The van der Waals surface area contributed by atoms with Crippen molar-refractivity contribution in [1.82, 2.24) is 34.1 Å². The van der Waals surface area contributed by atoms with E-state index < -0.39 is 15.8 Å². The quantitative estimate of drug-likeness (QED) is 0.146. The second-order valence-electron chi connectivity index (χ2n) is 13.4. The standard InChI is InChI=1S/C39H46FN9O5S/c1-25-22-48(55(7,50)51)16-17-49(25)26(2)30-18-34(36(41-20-30)45-31-19-35(40)38(54-6)42-21-31)37-43-27(3)44-39(46-37)47(23-28-8-12-32(52-4)13-9-28)24-29-10-14-33(53-5)15-11-29/h8-15,18-21,25-26H,16-17,22-24H2,1-7H3,(H,41,45)/t25?,26-/m1/s1. The number of benzene rings is 2. The summed E-state index contributed by atoms with van der Waals surface area (Å²) in [6, 6.07) is 18.7. The lowest BCUT2D eigenvalue weighted by Crippen LogP contribution is -2.53.